The highest BCUT2D eigenvalue weighted by molar-refractivity contribution is 6.01. The number of piperidine rings is 1. The molecule has 3 aliphatic heterocycles. The molecule has 2 atom stereocenters. The summed E-state index contributed by atoms with van der Waals surface area (Å²) < 4.78 is 40.6. The van der Waals surface area contributed by atoms with Crippen molar-refractivity contribution in [2.45, 2.75) is 75.8 Å². The number of anilines is 3. The second kappa shape index (κ2) is 17.7. The number of fused-ring (bicyclic) bond motifs is 1. The molecule has 0 spiro atoms. The highest BCUT2D eigenvalue weighted by Crippen LogP contribution is 2.35. The van der Waals surface area contributed by atoms with Gasteiger partial charge >= 0.3 is 0 Å². The lowest BCUT2D eigenvalue weighted by atomic mass is 9.90. The molecule has 4 fully saturated rings. The largest absolute Gasteiger partial charge is 0.373 e. The number of carbonyl (C=O) groups excluding carboxylic acids is 2. The molecule has 5 aromatic heterocycles. The number of aromatic nitrogens is 7. The maximum absolute atomic E-state index is 15.4. The fourth-order valence-electron chi connectivity index (χ4n) is 9.56. The van der Waals surface area contributed by atoms with Gasteiger partial charge in [-0.05, 0) is 74.9 Å². The van der Waals surface area contributed by atoms with E-state index in [9.17, 15) is 14.9 Å². The van der Waals surface area contributed by atoms with Crippen LogP contribution in [0.2, 0.25) is 0 Å². The summed E-state index contributed by atoms with van der Waals surface area (Å²) in [6.45, 7) is 4.40. The number of halogens is 2. The number of benzene rings is 1. The van der Waals surface area contributed by atoms with E-state index in [-0.39, 0.29) is 42.3 Å². The van der Waals surface area contributed by atoms with Crippen molar-refractivity contribution < 1.29 is 23.1 Å². The van der Waals surface area contributed by atoms with Gasteiger partial charge in [0.2, 0.25) is 11.8 Å². The molecule has 10 rings (SSSR count). The first-order valence-electron chi connectivity index (χ1n) is 21.9. The number of carbonyl (C=O) groups is 2. The van der Waals surface area contributed by atoms with Crippen LogP contribution in [0.3, 0.4) is 0 Å². The quantitative estimate of drug-likeness (QED) is 0.156. The van der Waals surface area contributed by atoms with Crippen LogP contribution in [0.5, 0.6) is 0 Å². The van der Waals surface area contributed by atoms with Gasteiger partial charge in [0.1, 0.15) is 34.7 Å². The number of pyridine rings is 2. The predicted molar refractivity (Wildman–Crippen MR) is 233 cm³/mol. The standard InChI is InChI=1S/C46H47F2N13O3/c47-37-19-33(54-39-9-11-42(62)56-46(39)63)20-38(48)45(37)58-17-15-57(16-18-58)34-5-7-35(8-6-34)60-25-31(24-52-60)40-27-61-44(30(21-49)23-53-61)43(55-40)29-4-10-41(51-22-29)59-14-12-36(26-59)64-28-32-3-1-2-13-50-32/h1-4,10,13,19-20,22-25,27,34-36,39,54H,5-9,11-12,14-18,26,28H2,(H,56,62,63)/t34-,35-,36-,39?/m0/s1. The third kappa shape index (κ3) is 8.48. The zero-order valence-corrected chi connectivity index (χ0v) is 35.1. The number of hydrogen-bond acceptors (Lipinski definition) is 13. The van der Waals surface area contributed by atoms with Gasteiger partial charge < -0.3 is 19.9 Å². The van der Waals surface area contributed by atoms with Crippen LogP contribution in [0.4, 0.5) is 26.0 Å². The number of hydrogen-bond donors (Lipinski definition) is 2. The summed E-state index contributed by atoms with van der Waals surface area (Å²) in [5.41, 5.74) is 4.96. The van der Waals surface area contributed by atoms with E-state index in [4.69, 9.17) is 19.8 Å². The molecule has 18 heteroatoms. The lowest BCUT2D eigenvalue weighted by Gasteiger charge is -2.42. The van der Waals surface area contributed by atoms with E-state index < -0.39 is 23.6 Å². The minimum atomic E-state index is -0.730. The fraction of sp³-hybridized carbons (Fsp3) is 0.391. The maximum Gasteiger partial charge on any atom is 0.249 e. The van der Waals surface area contributed by atoms with Crippen LogP contribution in [0.15, 0.2) is 79.6 Å². The predicted octanol–water partition coefficient (Wildman–Crippen LogP) is 5.52. The van der Waals surface area contributed by atoms with Crippen molar-refractivity contribution in [1.82, 2.24) is 44.6 Å². The van der Waals surface area contributed by atoms with Gasteiger partial charge in [-0.15, -0.1) is 0 Å². The first-order chi connectivity index (χ1) is 31.3. The topological polar surface area (TPSA) is 175 Å². The minimum Gasteiger partial charge on any atom is -0.373 e. The lowest BCUT2D eigenvalue weighted by Crippen LogP contribution is -2.51. The monoisotopic (exact) mass is 867 g/mol. The Balaban J connectivity index is 0.758. The zero-order valence-electron chi connectivity index (χ0n) is 35.1. The Bertz CT molecular complexity index is 2680. The molecule has 0 bridgehead atoms. The number of imide groups is 1. The Labute approximate surface area is 367 Å². The van der Waals surface area contributed by atoms with Gasteiger partial charge in [0.25, 0.3) is 0 Å². The molecule has 1 saturated carbocycles. The number of nitrogens with one attached hydrogen (secondary N) is 2. The van der Waals surface area contributed by atoms with Crippen molar-refractivity contribution in [2.75, 3.05) is 54.4 Å². The van der Waals surface area contributed by atoms with Gasteiger partial charge in [0.15, 0.2) is 11.6 Å². The Kier molecular flexibility index (Phi) is 11.4. The molecule has 1 aliphatic carbocycles. The van der Waals surface area contributed by atoms with Crippen LogP contribution in [0, 0.1) is 23.0 Å². The van der Waals surface area contributed by atoms with E-state index in [0.29, 0.717) is 61.3 Å². The van der Waals surface area contributed by atoms with Gasteiger partial charge in [-0.3, -0.25) is 29.5 Å². The van der Waals surface area contributed by atoms with E-state index >= 15 is 8.78 Å². The van der Waals surface area contributed by atoms with Crippen LogP contribution >= 0.6 is 0 Å². The summed E-state index contributed by atoms with van der Waals surface area (Å²) in [5.74, 6) is -1.38. The summed E-state index contributed by atoms with van der Waals surface area (Å²) in [6.07, 6.45) is 16.1. The number of ether oxygens (including phenoxy) is 1. The van der Waals surface area contributed by atoms with Crippen LogP contribution < -0.4 is 20.4 Å². The average molecular weight is 868 g/mol. The smallest absolute Gasteiger partial charge is 0.249 e. The molecule has 64 heavy (non-hydrogen) atoms. The van der Waals surface area contributed by atoms with E-state index in [1.165, 1.54) is 12.1 Å². The number of amides is 2. The molecule has 328 valence electrons. The van der Waals surface area contributed by atoms with Crippen molar-refractivity contribution in [3.63, 3.8) is 0 Å². The maximum atomic E-state index is 15.4. The van der Waals surface area contributed by atoms with Gasteiger partial charge in [-0.2, -0.15) is 15.5 Å². The molecular formula is C46H47F2N13O3. The van der Waals surface area contributed by atoms with Gasteiger partial charge in [-0.25, -0.2) is 23.3 Å². The van der Waals surface area contributed by atoms with Crippen molar-refractivity contribution in [1.29, 1.82) is 5.26 Å². The molecule has 6 aromatic rings. The van der Waals surface area contributed by atoms with Crippen LogP contribution in [-0.4, -0.2) is 109 Å². The summed E-state index contributed by atoms with van der Waals surface area (Å²) in [5, 5.41) is 24.4. The molecule has 0 radical (unpaired) electrons. The lowest BCUT2D eigenvalue weighted by molar-refractivity contribution is -0.133. The Morgan fingerprint density at radius 2 is 1.66 bits per heavy atom. The third-order valence-corrected chi connectivity index (χ3v) is 13.0. The second-order valence-electron chi connectivity index (χ2n) is 17.0. The number of rotatable bonds is 11. The van der Waals surface area contributed by atoms with E-state index in [2.05, 4.69) is 36.6 Å². The van der Waals surface area contributed by atoms with Crippen molar-refractivity contribution in [3.05, 3.63) is 103 Å². The molecule has 3 saturated heterocycles. The highest BCUT2D eigenvalue weighted by atomic mass is 19.1. The number of nitriles is 1. The zero-order chi connectivity index (χ0) is 43.7. The van der Waals surface area contributed by atoms with Crippen molar-refractivity contribution >= 4 is 34.5 Å². The fourth-order valence-corrected chi connectivity index (χ4v) is 9.56. The van der Waals surface area contributed by atoms with Gasteiger partial charge in [-0.1, -0.05) is 6.07 Å². The summed E-state index contributed by atoms with van der Waals surface area (Å²) in [6, 6.07) is 14.3. The molecule has 2 N–H and O–H groups in total. The van der Waals surface area contributed by atoms with Crippen LogP contribution in [0.25, 0.3) is 28.0 Å². The molecule has 2 amide bonds. The Hall–Kier alpha value is -6.84. The summed E-state index contributed by atoms with van der Waals surface area (Å²) in [4.78, 5) is 44.3. The second-order valence-corrected chi connectivity index (χ2v) is 17.0. The number of nitrogens with zero attached hydrogens (tertiary/aromatic N) is 11. The van der Waals surface area contributed by atoms with E-state index in [0.717, 1.165) is 67.8 Å². The SMILES string of the molecule is N#Cc1cnn2cc(-c3cnn([C@H]4CC[C@H](N5CCN(c6c(F)cc(NC7CCC(=O)NC7=O)cc6F)CC5)CC4)c3)nc(-c3ccc(N4CC[C@H](OCc5ccccn5)C4)nc3)c12. The van der Waals surface area contributed by atoms with E-state index in [1.807, 2.05) is 53.6 Å². The normalized spacial score (nSPS) is 21.9. The first-order valence-corrected chi connectivity index (χ1v) is 21.9. The van der Waals surface area contributed by atoms with Crippen molar-refractivity contribution in [3.8, 4) is 28.6 Å². The summed E-state index contributed by atoms with van der Waals surface area (Å²) in [7, 11) is 0. The average Bonchev–Trinajstić information content (AvgIpc) is 4.11. The van der Waals surface area contributed by atoms with Crippen molar-refractivity contribution in [2.24, 2.45) is 0 Å². The molecule has 16 nitrogen and oxygen atoms in total. The minimum absolute atomic E-state index is 0.0598. The van der Waals surface area contributed by atoms with Crippen LogP contribution in [0.1, 0.15) is 62.2 Å². The highest BCUT2D eigenvalue weighted by Gasteiger charge is 2.32. The molecule has 1 aromatic carbocycles. The summed E-state index contributed by atoms with van der Waals surface area (Å²) >= 11 is 0. The number of piperazine rings is 1. The van der Waals surface area contributed by atoms with Gasteiger partial charge in [0.05, 0.1) is 54.4 Å². The Morgan fingerprint density at radius 1 is 0.844 bits per heavy atom. The molecule has 8 heterocycles. The first kappa shape index (κ1) is 41.2. The molecule has 1 unspecified atom stereocenters. The van der Waals surface area contributed by atoms with Gasteiger partial charge in [0, 0.05) is 87.1 Å². The third-order valence-electron chi connectivity index (χ3n) is 13.0. The Morgan fingerprint density at radius 3 is 2.39 bits per heavy atom. The van der Waals surface area contributed by atoms with Crippen LogP contribution in [-0.2, 0) is 20.9 Å². The molecular weight excluding hydrogens is 821 g/mol. The van der Waals surface area contributed by atoms with E-state index in [1.54, 1.807) is 28.0 Å². The molecule has 4 aliphatic rings.